The standard InChI is InChI=1S/C23H38NO2S.3CH3.Sn/c1-16(2)19-14-20(17(3)4)22(21(15-19)18(5)6)27(25,26)24-13-11-10-12-23(7,8)9;;;;/h10,14-18,24H,11,13H2,1-9H3;3*1H3;. The molecule has 0 radical (unpaired) electrons. The number of allylic oxidation sites excluding steroid dienone is 1. The third-order valence-electron chi connectivity index (χ3n) is 5.75. The fraction of sp³-hybridized carbons (Fsp3) is 0.692. The molecule has 0 heterocycles. The van der Waals surface area contributed by atoms with Gasteiger partial charge in [-0.1, -0.05) is 0 Å². The second-order valence-corrected chi connectivity index (χ2v) is 27.9. The zero-order valence-electron chi connectivity index (χ0n) is 22.1. The number of benzene rings is 1. The van der Waals surface area contributed by atoms with E-state index in [2.05, 4.69) is 100 Å². The van der Waals surface area contributed by atoms with Gasteiger partial charge in [0.05, 0.1) is 0 Å². The Bertz CT molecular complexity index is 838. The zero-order valence-corrected chi connectivity index (χ0v) is 25.8. The van der Waals surface area contributed by atoms with Crippen molar-refractivity contribution in [3.05, 3.63) is 38.5 Å². The SMILES string of the molecule is CC(C)c1cc(C(C)C)c(S(=O)(=O)NCC/C=[C](/C(C)(C)C)[Sn]([CH3])([CH3])[CH3])c(C(C)C)c1. The van der Waals surface area contributed by atoms with Gasteiger partial charge in [-0.15, -0.1) is 0 Å². The molecule has 0 saturated heterocycles. The third-order valence-corrected chi connectivity index (χ3v) is 14.7. The Morgan fingerprint density at radius 3 is 1.71 bits per heavy atom. The van der Waals surface area contributed by atoms with Crippen LogP contribution < -0.4 is 4.72 Å². The summed E-state index contributed by atoms with van der Waals surface area (Å²) < 4.78 is 31.5. The van der Waals surface area contributed by atoms with Crippen molar-refractivity contribution in [1.82, 2.24) is 4.72 Å². The van der Waals surface area contributed by atoms with E-state index in [1.54, 1.807) is 3.59 Å². The number of rotatable bonds is 9. The normalized spacial score (nSPS) is 14.2. The van der Waals surface area contributed by atoms with Crippen LogP contribution in [-0.4, -0.2) is 33.3 Å². The van der Waals surface area contributed by atoms with Crippen LogP contribution in [0.5, 0.6) is 0 Å². The second-order valence-electron chi connectivity index (χ2n) is 11.8. The van der Waals surface area contributed by atoms with Gasteiger partial charge in [0.1, 0.15) is 0 Å². The van der Waals surface area contributed by atoms with Crippen LogP contribution in [0.25, 0.3) is 0 Å². The van der Waals surface area contributed by atoms with Gasteiger partial charge >= 0.3 is 198 Å². The number of hydrogen-bond donors (Lipinski definition) is 1. The molecule has 0 saturated carbocycles. The minimum absolute atomic E-state index is 0.144. The van der Waals surface area contributed by atoms with Crippen LogP contribution >= 0.6 is 0 Å². The van der Waals surface area contributed by atoms with Crippen molar-refractivity contribution < 1.29 is 8.42 Å². The van der Waals surface area contributed by atoms with Gasteiger partial charge in [0.25, 0.3) is 0 Å². The maximum atomic E-state index is 13.5. The summed E-state index contributed by atoms with van der Waals surface area (Å²) in [5.74, 6) is 0.652. The first-order valence-electron chi connectivity index (χ1n) is 11.8. The van der Waals surface area contributed by atoms with Gasteiger partial charge in [0, 0.05) is 0 Å². The Morgan fingerprint density at radius 1 is 0.935 bits per heavy atom. The van der Waals surface area contributed by atoms with E-state index in [1.807, 2.05) is 0 Å². The number of sulfonamides is 1. The maximum absolute atomic E-state index is 13.5. The second kappa shape index (κ2) is 10.7. The van der Waals surface area contributed by atoms with Crippen molar-refractivity contribution in [2.45, 2.75) is 106 Å². The first-order valence-corrected chi connectivity index (χ1v) is 23.2. The van der Waals surface area contributed by atoms with E-state index in [4.69, 9.17) is 0 Å². The van der Waals surface area contributed by atoms with Gasteiger partial charge in [-0.25, -0.2) is 0 Å². The van der Waals surface area contributed by atoms with E-state index in [0.717, 1.165) is 17.5 Å². The van der Waals surface area contributed by atoms with Gasteiger partial charge in [0.15, 0.2) is 0 Å². The zero-order chi connectivity index (χ0) is 24.4. The Morgan fingerprint density at radius 2 is 1.39 bits per heavy atom. The average Bonchev–Trinajstić information content (AvgIpc) is 2.57. The van der Waals surface area contributed by atoms with Gasteiger partial charge in [-0.2, -0.15) is 0 Å². The molecule has 0 spiro atoms. The molecule has 0 fully saturated rings. The molecule has 31 heavy (non-hydrogen) atoms. The van der Waals surface area contributed by atoms with Crippen molar-refractivity contribution in [3.8, 4) is 0 Å². The molecule has 5 heteroatoms. The monoisotopic (exact) mass is 557 g/mol. The molecule has 0 unspecified atom stereocenters. The van der Waals surface area contributed by atoms with Crippen LogP contribution in [0, 0.1) is 5.41 Å². The Hall–Kier alpha value is -0.331. The van der Waals surface area contributed by atoms with Crippen LogP contribution in [0.1, 0.15) is 103 Å². The minimum atomic E-state index is -3.59. The van der Waals surface area contributed by atoms with Gasteiger partial charge in [0.2, 0.25) is 0 Å². The topological polar surface area (TPSA) is 46.2 Å². The molecule has 0 aliphatic heterocycles. The van der Waals surface area contributed by atoms with E-state index >= 15 is 0 Å². The summed E-state index contributed by atoms with van der Waals surface area (Å²) in [6, 6.07) is 4.20. The van der Waals surface area contributed by atoms with Crippen LogP contribution in [0.3, 0.4) is 0 Å². The summed E-state index contributed by atoms with van der Waals surface area (Å²) in [6.45, 7) is 19.9. The van der Waals surface area contributed by atoms with Gasteiger partial charge < -0.3 is 0 Å². The molecule has 0 aromatic heterocycles. The van der Waals surface area contributed by atoms with Crippen LogP contribution in [0.2, 0.25) is 14.8 Å². The summed E-state index contributed by atoms with van der Waals surface area (Å²) in [7, 11) is -3.59. The van der Waals surface area contributed by atoms with Crippen molar-refractivity contribution in [3.63, 3.8) is 0 Å². The fourth-order valence-corrected chi connectivity index (χ4v) is 14.7. The molecule has 1 N–H and O–H groups in total. The van der Waals surface area contributed by atoms with E-state index in [-0.39, 0.29) is 17.3 Å². The molecule has 0 amide bonds. The Labute approximate surface area is 197 Å². The van der Waals surface area contributed by atoms with Gasteiger partial charge in [-0.3, -0.25) is 0 Å². The quantitative estimate of drug-likeness (QED) is 0.252. The molecular weight excluding hydrogens is 509 g/mol. The predicted molar refractivity (Wildman–Crippen MR) is 139 cm³/mol. The molecule has 178 valence electrons. The average molecular weight is 556 g/mol. The summed E-state index contributed by atoms with van der Waals surface area (Å²) in [4.78, 5) is 7.78. The summed E-state index contributed by atoms with van der Waals surface area (Å²) in [6.07, 6.45) is 3.05. The molecule has 0 atom stereocenters. The third kappa shape index (κ3) is 7.89. The summed E-state index contributed by atoms with van der Waals surface area (Å²) in [5.41, 5.74) is 3.22. The van der Waals surface area contributed by atoms with Crippen LogP contribution in [0.4, 0.5) is 0 Å². The van der Waals surface area contributed by atoms with E-state index in [1.165, 1.54) is 5.56 Å². The molecule has 0 aliphatic carbocycles. The first-order chi connectivity index (χ1) is 13.9. The summed E-state index contributed by atoms with van der Waals surface area (Å²) in [5, 5.41) is 0. The molecule has 1 rings (SSSR count). The van der Waals surface area contributed by atoms with E-state index < -0.39 is 28.4 Å². The Balaban J connectivity index is 3.32. The molecule has 3 nitrogen and oxygen atoms in total. The van der Waals surface area contributed by atoms with Crippen molar-refractivity contribution in [2.75, 3.05) is 6.54 Å². The Kier molecular flexibility index (Phi) is 9.94. The molecule has 1 aromatic carbocycles. The van der Waals surface area contributed by atoms with Crippen molar-refractivity contribution >= 4 is 28.4 Å². The molecule has 0 aliphatic rings. The molecule has 0 bridgehead atoms. The first kappa shape index (κ1) is 28.7. The fourth-order valence-electron chi connectivity index (χ4n) is 4.42. The van der Waals surface area contributed by atoms with Crippen molar-refractivity contribution in [2.24, 2.45) is 5.41 Å². The van der Waals surface area contributed by atoms with E-state index in [9.17, 15) is 8.42 Å². The van der Waals surface area contributed by atoms with Crippen LogP contribution in [-0.2, 0) is 10.0 Å². The number of hydrogen-bond acceptors (Lipinski definition) is 2. The summed E-state index contributed by atoms with van der Waals surface area (Å²) >= 11 is -2.24. The predicted octanol–water partition coefficient (Wildman–Crippen LogP) is 7.58. The number of nitrogens with one attached hydrogen (secondary N) is 1. The molecular formula is C26H47NO2SSn. The van der Waals surface area contributed by atoms with E-state index in [0.29, 0.717) is 17.4 Å². The van der Waals surface area contributed by atoms with Crippen molar-refractivity contribution in [1.29, 1.82) is 0 Å². The molecule has 1 aromatic rings. The van der Waals surface area contributed by atoms with Gasteiger partial charge in [-0.05, 0) is 0 Å². The van der Waals surface area contributed by atoms with Crippen LogP contribution in [0.15, 0.2) is 26.7 Å².